The second kappa shape index (κ2) is 7.98. The van der Waals surface area contributed by atoms with Crippen molar-refractivity contribution >= 4 is 18.3 Å². The van der Waals surface area contributed by atoms with Crippen LogP contribution >= 0.6 is 12.4 Å². The van der Waals surface area contributed by atoms with Crippen molar-refractivity contribution in [3.63, 3.8) is 0 Å². The van der Waals surface area contributed by atoms with Gasteiger partial charge in [0.05, 0.1) is 6.54 Å². The van der Waals surface area contributed by atoms with E-state index in [1.54, 1.807) is 0 Å². The van der Waals surface area contributed by atoms with Crippen LogP contribution in [0.2, 0.25) is 0 Å². The molecule has 1 saturated carbocycles. The molecule has 0 unspecified atom stereocenters. The van der Waals surface area contributed by atoms with Gasteiger partial charge in [0.25, 0.3) is 0 Å². The monoisotopic (exact) mass is 324 g/mol. The lowest BCUT2D eigenvalue weighted by Crippen LogP contribution is -2.42. The Morgan fingerprint density at radius 3 is 2.41 bits per heavy atom. The number of benzene rings is 1. The fourth-order valence-electron chi connectivity index (χ4n) is 2.62. The number of nitrogens with zero attached hydrogens (tertiary/aromatic N) is 1. The van der Waals surface area contributed by atoms with E-state index in [0.717, 1.165) is 19.0 Å². The van der Waals surface area contributed by atoms with Crippen molar-refractivity contribution in [2.24, 2.45) is 5.92 Å². The largest absolute Gasteiger partial charge is 0.344 e. The predicted octanol–water partition coefficient (Wildman–Crippen LogP) is 3.15. The zero-order chi connectivity index (χ0) is 15.5. The van der Waals surface area contributed by atoms with E-state index in [0.29, 0.717) is 6.54 Å². The van der Waals surface area contributed by atoms with Gasteiger partial charge in [-0.1, -0.05) is 43.7 Å². The summed E-state index contributed by atoms with van der Waals surface area (Å²) in [5, 5.41) is 3.27. The molecular formula is C18H29ClN2O. The molecule has 1 N–H and O–H groups in total. The molecule has 0 saturated heterocycles. The van der Waals surface area contributed by atoms with Crippen LogP contribution < -0.4 is 5.32 Å². The molecule has 0 aromatic heterocycles. The van der Waals surface area contributed by atoms with E-state index in [1.807, 2.05) is 11.9 Å². The van der Waals surface area contributed by atoms with E-state index >= 15 is 0 Å². The molecule has 1 aliphatic carbocycles. The van der Waals surface area contributed by atoms with Crippen LogP contribution in [0.3, 0.4) is 0 Å². The normalized spacial score (nSPS) is 14.4. The Hall–Kier alpha value is -1.06. The minimum atomic E-state index is -0.0331. The molecular weight excluding hydrogens is 296 g/mol. The number of amides is 1. The number of hydrogen-bond acceptors (Lipinski definition) is 2. The molecule has 0 bridgehead atoms. The van der Waals surface area contributed by atoms with Gasteiger partial charge in [0.2, 0.25) is 5.91 Å². The van der Waals surface area contributed by atoms with Crippen molar-refractivity contribution in [2.45, 2.75) is 39.0 Å². The molecule has 0 atom stereocenters. The topological polar surface area (TPSA) is 32.3 Å². The first kappa shape index (κ1) is 19.0. The first-order valence-corrected chi connectivity index (χ1v) is 7.90. The molecule has 1 aliphatic rings. The van der Waals surface area contributed by atoms with Gasteiger partial charge in [0.1, 0.15) is 0 Å². The third-order valence-electron chi connectivity index (χ3n) is 4.30. The Labute approximate surface area is 140 Å². The molecule has 4 heteroatoms. The van der Waals surface area contributed by atoms with Crippen molar-refractivity contribution in [2.75, 3.05) is 26.7 Å². The summed E-state index contributed by atoms with van der Waals surface area (Å²) in [7, 11) is 1.90. The van der Waals surface area contributed by atoms with Crippen molar-refractivity contribution in [1.29, 1.82) is 0 Å². The average Bonchev–Trinajstić information content (AvgIpc) is 3.22. The molecule has 124 valence electrons. The number of halogens is 1. The van der Waals surface area contributed by atoms with E-state index in [9.17, 15) is 4.79 Å². The van der Waals surface area contributed by atoms with Gasteiger partial charge in [0.15, 0.2) is 0 Å². The van der Waals surface area contributed by atoms with Crippen LogP contribution in [0.1, 0.15) is 37.8 Å². The van der Waals surface area contributed by atoms with Crippen molar-refractivity contribution in [3.8, 4) is 0 Å². The molecule has 0 heterocycles. The number of nitrogens with one attached hydrogen (secondary N) is 1. The van der Waals surface area contributed by atoms with Gasteiger partial charge in [-0.3, -0.25) is 4.79 Å². The van der Waals surface area contributed by atoms with Crippen molar-refractivity contribution in [3.05, 3.63) is 35.4 Å². The Morgan fingerprint density at radius 2 is 1.86 bits per heavy atom. The third kappa shape index (κ3) is 5.62. The number of hydrogen-bond donors (Lipinski definition) is 1. The lowest BCUT2D eigenvalue weighted by atomic mass is 9.84. The second-order valence-electron chi connectivity index (χ2n) is 7.07. The van der Waals surface area contributed by atoms with E-state index in [-0.39, 0.29) is 23.7 Å². The highest BCUT2D eigenvalue weighted by Crippen LogP contribution is 2.27. The smallest absolute Gasteiger partial charge is 0.236 e. The van der Waals surface area contributed by atoms with Crippen LogP contribution in [0.5, 0.6) is 0 Å². The summed E-state index contributed by atoms with van der Waals surface area (Å²) in [6, 6.07) is 8.60. The van der Waals surface area contributed by atoms with Gasteiger partial charge >= 0.3 is 0 Å². The Balaban J connectivity index is 0.00000242. The molecule has 0 radical (unpaired) electrons. The van der Waals surface area contributed by atoms with Gasteiger partial charge in [-0.25, -0.2) is 0 Å². The minimum Gasteiger partial charge on any atom is -0.344 e. The third-order valence-corrected chi connectivity index (χ3v) is 4.30. The summed E-state index contributed by atoms with van der Waals surface area (Å²) in [4.78, 5) is 14.0. The van der Waals surface area contributed by atoms with Crippen LogP contribution in [0.25, 0.3) is 0 Å². The summed E-state index contributed by atoms with van der Waals surface area (Å²) in [5.41, 5.74) is 2.51. The molecule has 0 aliphatic heterocycles. The van der Waals surface area contributed by atoms with Gasteiger partial charge in [-0.2, -0.15) is 0 Å². The predicted molar refractivity (Wildman–Crippen MR) is 94.7 cm³/mol. The minimum absolute atomic E-state index is 0. The van der Waals surface area contributed by atoms with Crippen molar-refractivity contribution in [1.82, 2.24) is 10.2 Å². The molecule has 1 aromatic rings. The van der Waals surface area contributed by atoms with Crippen LogP contribution in [-0.2, 0) is 10.2 Å². The Morgan fingerprint density at radius 1 is 1.27 bits per heavy atom. The highest BCUT2D eigenvalue weighted by atomic mass is 35.5. The molecule has 3 nitrogen and oxygen atoms in total. The second-order valence-corrected chi connectivity index (χ2v) is 7.07. The summed E-state index contributed by atoms with van der Waals surface area (Å²) in [6.07, 6.45) is 2.63. The van der Waals surface area contributed by atoms with E-state index < -0.39 is 0 Å². The average molecular weight is 325 g/mol. The van der Waals surface area contributed by atoms with E-state index in [1.165, 1.54) is 24.0 Å². The lowest BCUT2D eigenvalue weighted by Gasteiger charge is -2.31. The highest BCUT2D eigenvalue weighted by molar-refractivity contribution is 5.85. The standard InChI is InChI=1S/C18H28N2O.ClH/c1-14-5-9-16(10-6-14)18(2,3)13-20(4)17(21)12-19-11-15-7-8-15;/h5-6,9-10,15,19H,7-8,11-13H2,1-4H3;1H. The lowest BCUT2D eigenvalue weighted by molar-refractivity contribution is -0.129. The van der Waals surface area contributed by atoms with E-state index in [2.05, 4.69) is 50.4 Å². The maximum Gasteiger partial charge on any atom is 0.236 e. The maximum atomic E-state index is 12.2. The molecule has 22 heavy (non-hydrogen) atoms. The number of likely N-dealkylation sites (N-methyl/N-ethyl adjacent to an activating group) is 1. The number of carbonyl (C=O) groups excluding carboxylic acids is 1. The van der Waals surface area contributed by atoms with Gasteiger partial charge in [0, 0.05) is 19.0 Å². The van der Waals surface area contributed by atoms with Crippen molar-refractivity contribution < 1.29 is 4.79 Å². The van der Waals surface area contributed by atoms with Crippen LogP contribution in [0, 0.1) is 12.8 Å². The van der Waals surface area contributed by atoms with Gasteiger partial charge in [-0.15, -0.1) is 12.4 Å². The number of aryl methyl sites for hydroxylation is 1. The van der Waals surface area contributed by atoms with Crippen LogP contribution in [-0.4, -0.2) is 37.5 Å². The quantitative estimate of drug-likeness (QED) is 0.835. The molecule has 1 aromatic carbocycles. The Kier molecular flexibility index (Phi) is 6.89. The molecule has 1 fully saturated rings. The highest BCUT2D eigenvalue weighted by Gasteiger charge is 2.25. The number of carbonyl (C=O) groups is 1. The fourth-order valence-corrected chi connectivity index (χ4v) is 2.62. The maximum absolute atomic E-state index is 12.2. The molecule has 1 amide bonds. The van der Waals surface area contributed by atoms with Crippen LogP contribution in [0.4, 0.5) is 0 Å². The van der Waals surface area contributed by atoms with Gasteiger partial charge in [-0.05, 0) is 37.8 Å². The first-order valence-electron chi connectivity index (χ1n) is 7.90. The number of rotatable bonds is 7. The fraction of sp³-hybridized carbons (Fsp3) is 0.611. The summed E-state index contributed by atoms with van der Waals surface area (Å²) in [5.74, 6) is 0.989. The van der Waals surface area contributed by atoms with Crippen LogP contribution in [0.15, 0.2) is 24.3 Å². The summed E-state index contributed by atoms with van der Waals surface area (Å²) in [6.45, 7) is 8.66. The molecule has 2 rings (SSSR count). The summed E-state index contributed by atoms with van der Waals surface area (Å²) < 4.78 is 0. The summed E-state index contributed by atoms with van der Waals surface area (Å²) >= 11 is 0. The van der Waals surface area contributed by atoms with E-state index in [4.69, 9.17) is 0 Å². The zero-order valence-corrected chi connectivity index (χ0v) is 15.0. The van der Waals surface area contributed by atoms with Gasteiger partial charge < -0.3 is 10.2 Å². The Bertz CT molecular complexity index is 480. The zero-order valence-electron chi connectivity index (χ0n) is 14.2. The SMILES string of the molecule is Cc1ccc(C(C)(C)CN(C)C(=O)CNCC2CC2)cc1.Cl. The first-order chi connectivity index (χ1) is 9.88. The molecule has 0 spiro atoms.